The van der Waals surface area contributed by atoms with Crippen molar-refractivity contribution in [2.45, 2.75) is 50.9 Å². The van der Waals surface area contributed by atoms with Gasteiger partial charge in [-0.15, -0.1) is 0 Å². The molecule has 0 aromatic heterocycles. The van der Waals surface area contributed by atoms with E-state index in [1.807, 2.05) is 6.92 Å². The van der Waals surface area contributed by atoms with Crippen LogP contribution in [0, 0.1) is 0 Å². The molecule has 35 heavy (non-hydrogen) atoms. The molecular formula is C26H30ClN3O5. The Balaban J connectivity index is 1.47. The van der Waals surface area contributed by atoms with Gasteiger partial charge in [0.1, 0.15) is 18.5 Å². The van der Waals surface area contributed by atoms with Gasteiger partial charge in [-0.2, -0.15) is 0 Å². The van der Waals surface area contributed by atoms with Crippen LogP contribution in [-0.2, 0) is 9.53 Å². The van der Waals surface area contributed by atoms with Crippen molar-refractivity contribution in [3.63, 3.8) is 0 Å². The van der Waals surface area contributed by atoms with Crippen molar-refractivity contribution in [3.8, 4) is 5.75 Å². The van der Waals surface area contributed by atoms with Crippen LogP contribution in [0.3, 0.4) is 0 Å². The van der Waals surface area contributed by atoms with Crippen molar-refractivity contribution >= 4 is 35.0 Å². The zero-order chi connectivity index (χ0) is 24.9. The molecule has 3 amide bonds. The first kappa shape index (κ1) is 25.0. The van der Waals surface area contributed by atoms with E-state index in [2.05, 4.69) is 10.6 Å². The first-order valence-electron chi connectivity index (χ1n) is 11.9. The normalized spacial score (nSPS) is 21.6. The molecule has 4 rings (SSSR count). The predicted octanol–water partition coefficient (Wildman–Crippen LogP) is 3.89. The second-order valence-electron chi connectivity index (χ2n) is 8.90. The van der Waals surface area contributed by atoms with Crippen LogP contribution in [0.4, 0.5) is 5.69 Å². The van der Waals surface area contributed by atoms with Crippen LogP contribution in [0.1, 0.15) is 53.3 Å². The van der Waals surface area contributed by atoms with Gasteiger partial charge >= 0.3 is 0 Å². The molecule has 186 valence electrons. The van der Waals surface area contributed by atoms with Crippen molar-refractivity contribution in [3.05, 3.63) is 58.6 Å². The molecule has 2 aliphatic heterocycles. The van der Waals surface area contributed by atoms with E-state index < -0.39 is 0 Å². The third-order valence-corrected chi connectivity index (χ3v) is 6.58. The number of carbonyl (C=O) groups excluding carboxylic acids is 3. The summed E-state index contributed by atoms with van der Waals surface area (Å²) in [6.45, 7) is 2.92. The largest absolute Gasteiger partial charge is 0.490 e. The lowest BCUT2D eigenvalue weighted by Gasteiger charge is -2.42. The maximum absolute atomic E-state index is 13.4. The average Bonchev–Trinajstić information content (AvgIpc) is 2.85. The van der Waals surface area contributed by atoms with E-state index in [1.54, 1.807) is 54.4 Å². The number of benzene rings is 2. The molecule has 2 aliphatic rings. The first-order chi connectivity index (χ1) is 16.9. The van der Waals surface area contributed by atoms with E-state index in [0.29, 0.717) is 53.4 Å². The molecule has 2 aromatic carbocycles. The molecule has 0 radical (unpaired) electrons. The number of carbonyl (C=O) groups is 3. The fourth-order valence-corrected chi connectivity index (χ4v) is 4.67. The Morgan fingerprint density at radius 2 is 2.00 bits per heavy atom. The summed E-state index contributed by atoms with van der Waals surface area (Å²) in [5, 5.41) is 6.17. The van der Waals surface area contributed by atoms with Crippen LogP contribution < -0.4 is 15.4 Å². The van der Waals surface area contributed by atoms with Crippen LogP contribution in [0.5, 0.6) is 5.75 Å². The van der Waals surface area contributed by atoms with Gasteiger partial charge in [0.25, 0.3) is 11.8 Å². The summed E-state index contributed by atoms with van der Waals surface area (Å²) in [7, 11) is 1.75. The van der Waals surface area contributed by atoms with Gasteiger partial charge in [-0.25, -0.2) is 0 Å². The number of anilines is 1. The summed E-state index contributed by atoms with van der Waals surface area (Å²) in [5.74, 6) is -0.136. The second-order valence-corrected chi connectivity index (χ2v) is 9.33. The molecule has 0 saturated carbocycles. The zero-order valence-electron chi connectivity index (χ0n) is 19.9. The van der Waals surface area contributed by atoms with Gasteiger partial charge in [0.2, 0.25) is 5.91 Å². The molecule has 0 spiro atoms. The monoisotopic (exact) mass is 499 g/mol. The number of hydrogen-bond acceptors (Lipinski definition) is 5. The molecule has 8 nitrogen and oxygen atoms in total. The zero-order valence-corrected chi connectivity index (χ0v) is 20.6. The summed E-state index contributed by atoms with van der Waals surface area (Å²) in [6.07, 6.45) is 2.03. The Hall–Kier alpha value is -3.10. The van der Waals surface area contributed by atoms with E-state index in [0.717, 1.165) is 6.42 Å². The van der Waals surface area contributed by atoms with Crippen molar-refractivity contribution in [2.75, 3.05) is 25.5 Å². The molecule has 1 fully saturated rings. The molecule has 0 unspecified atom stereocenters. The topological polar surface area (TPSA) is 97.0 Å². The number of ether oxygens (including phenoxy) is 2. The second kappa shape index (κ2) is 11.1. The molecule has 0 aliphatic carbocycles. The minimum atomic E-state index is -0.336. The van der Waals surface area contributed by atoms with Gasteiger partial charge in [0.05, 0.1) is 24.1 Å². The molecule has 1 saturated heterocycles. The highest BCUT2D eigenvalue weighted by molar-refractivity contribution is 6.31. The minimum Gasteiger partial charge on any atom is -0.490 e. The van der Waals surface area contributed by atoms with E-state index in [4.69, 9.17) is 21.1 Å². The molecule has 2 aromatic rings. The summed E-state index contributed by atoms with van der Waals surface area (Å²) < 4.78 is 12.2. The van der Waals surface area contributed by atoms with E-state index in [-0.39, 0.29) is 42.6 Å². The fourth-order valence-electron chi connectivity index (χ4n) is 4.48. The van der Waals surface area contributed by atoms with Gasteiger partial charge in [-0.3, -0.25) is 14.4 Å². The number of fused-ring (bicyclic) bond motifs is 2. The van der Waals surface area contributed by atoms with Crippen LogP contribution in [0.25, 0.3) is 0 Å². The van der Waals surface area contributed by atoms with Crippen LogP contribution in [0.15, 0.2) is 42.5 Å². The highest BCUT2D eigenvalue weighted by atomic mass is 35.5. The van der Waals surface area contributed by atoms with Crippen molar-refractivity contribution < 1.29 is 23.9 Å². The van der Waals surface area contributed by atoms with Gasteiger partial charge in [-0.1, -0.05) is 24.6 Å². The number of halogens is 1. The highest BCUT2D eigenvalue weighted by Gasteiger charge is 2.39. The molecular weight excluding hydrogens is 470 g/mol. The number of nitrogens with one attached hydrogen (secondary N) is 2. The number of amides is 3. The molecule has 3 atom stereocenters. The van der Waals surface area contributed by atoms with Crippen LogP contribution >= 0.6 is 11.6 Å². The molecule has 2 N–H and O–H groups in total. The lowest BCUT2D eigenvalue weighted by atomic mass is 9.94. The van der Waals surface area contributed by atoms with E-state index in [9.17, 15) is 14.4 Å². The first-order valence-corrected chi connectivity index (χ1v) is 12.3. The fraction of sp³-hybridized carbons (Fsp3) is 0.423. The summed E-state index contributed by atoms with van der Waals surface area (Å²) >= 11 is 5.99. The van der Waals surface area contributed by atoms with Gasteiger partial charge in [0.15, 0.2) is 0 Å². The Morgan fingerprint density at radius 1 is 1.17 bits per heavy atom. The maximum Gasteiger partial charge on any atom is 0.257 e. The average molecular weight is 500 g/mol. The molecule has 2 heterocycles. The number of hydrogen-bond donors (Lipinski definition) is 2. The third kappa shape index (κ3) is 5.94. The number of likely N-dealkylation sites (N-methyl/N-ethyl adjacent to an activating group) is 1. The Kier molecular flexibility index (Phi) is 7.93. The molecule has 0 bridgehead atoms. The maximum atomic E-state index is 13.4. The SMILES string of the molecule is CCCNC(=O)C[C@H]1CC[C@H]2[C@H](COc3ccc(NC(=O)c4cccc(Cl)c4)cc3C(=O)N2C)O1. The Bertz CT molecular complexity index is 1110. The van der Waals surface area contributed by atoms with Gasteiger partial charge in [-0.05, 0) is 55.7 Å². The lowest BCUT2D eigenvalue weighted by molar-refractivity contribution is -0.134. The summed E-state index contributed by atoms with van der Waals surface area (Å²) in [4.78, 5) is 39.8. The lowest BCUT2D eigenvalue weighted by Crippen LogP contribution is -2.54. The minimum absolute atomic E-state index is 0.0239. The Labute approximate surface area is 209 Å². The van der Waals surface area contributed by atoms with E-state index in [1.165, 1.54) is 0 Å². The number of rotatable bonds is 6. The molecule has 9 heteroatoms. The van der Waals surface area contributed by atoms with Crippen molar-refractivity contribution in [1.82, 2.24) is 10.2 Å². The van der Waals surface area contributed by atoms with Crippen molar-refractivity contribution in [1.29, 1.82) is 0 Å². The van der Waals surface area contributed by atoms with Crippen molar-refractivity contribution in [2.24, 2.45) is 0 Å². The summed E-state index contributed by atoms with van der Waals surface area (Å²) in [5.41, 5.74) is 1.27. The Morgan fingerprint density at radius 3 is 2.77 bits per heavy atom. The predicted molar refractivity (Wildman–Crippen MR) is 133 cm³/mol. The standard InChI is InChI=1S/C26H30ClN3O5/c1-3-11-28-24(31)14-19-8-9-21-23(35-19)15-34-22-10-7-18(13-20(22)26(33)30(21)2)29-25(32)16-5-4-6-17(27)12-16/h4-7,10,12-13,19,21,23H,3,8-9,11,14-15H2,1-2H3,(H,28,31)(H,29,32)/t19-,21+,23+/m1/s1. The smallest absolute Gasteiger partial charge is 0.257 e. The quantitative estimate of drug-likeness (QED) is 0.628. The van der Waals surface area contributed by atoms with Crippen LogP contribution in [0.2, 0.25) is 5.02 Å². The third-order valence-electron chi connectivity index (χ3n) is 6.34. The van der Waals surface area contributed by atoms with E-state index >= 15 is 0 Å². The van der Waals surface area contributed by atoms with Crippen LogP contribution in [-0.4, -0.2) is 61.1 Å². The van der Waals surface area contributed by atoms with Gasteiger partial charge in [0, 0.05) is 29.9 Å². The van der Waals surface area contributed by atoms with Gasteiger partial charge < -0.3 is 25.0 Å². The number of nitrogens with zero attached hydrogens (tertiary/aromatic N) is 1. The highest BCUT2D eigenvalue weighted by Crippen LogP contribution is 2.32. The summed E-state index contributed by atoms with van der Waals surface area (Å²) in [6, 6.07) is 11.5.